The highest BCUT2D eigenvalue weighted by Crippen LogP contribution is 2.17. The standard InChI is InChI=1S/C10H12O4S/c1-7-4-3-5-9(6-7)15(13,14)8(2)10(11)12/h3-6,8H,1-2H3,(H,11,12). The van der Waals surface area contributed by atoms with Gasteiger partial charge in [-0.2, -0.15) is 0 Å². The third kappa shape index (κ3) is 2.36. The van der Waals surface area contributed by atoms with Gasteiger partial charge in [0, 0.05) is 0 Å². The van der Waals surface area contributed by atoms with Crippen molar-refractivity contribution in [3.8, 4) is 0 Å². The summed E-state index contributed by atoms with van der Waals surface area (Å²) in [5.74, 6) is -1.34. The molecule has 0 heterocycles. The molecule has 0 saturated carbocycles. The first-order valence-electron chi connectivity index (χ1n) is 4.39. The van der Waals surface area contributed by atoms with Crippen molar-refractivity contribution < 1.29 is 18.3 Å². The molecule has 1 rings (SSSR count). The van der Waals surface area contributed by atoms with E-state index in [0.29, 0.717) is 0 Å². The molecule has 5 heteroatoms. The van der Waals surface area contributed by atoms with Gasteiger partial charge in [0.2, 0.25) is 0 Å². The second-order valence-electron chi connectivity index (χ2n) is 3.34. The first-order valence-corrected chi connectivity index (χ1v) is 5.93. The van der Waals surface area contributed by atoms with Crippen molar-refractivity contribution in [2.24, 2.45) is 0 Å². The van der Waals surface area contributed by atoms with Gasteiger partial charge in [0.25, 0.3) is 0 Å². The number of carbonyl (C=O) groups is 1. The fraction of sp³-hybridized carbons (Fsp3) is 0.300. The van der Waals surface area contributed by atoms with Crippen molar-refractivity contribution >= 4 is 15.8 Å². The zero-order valence-corrected chi connectivity index (χ0v) is 9.28. The Morgan fingerprint density at radius 1 is 1.40 bits per heavy atom. The number of aryl methyl sites for hydroxylation is 1. The summed E-state index contributed by atoms with van der Waals surface area (Å²) in [5.41, 5.74) is 0.786. The molecule has 0 aliphatic heterocycles. The average molecular weight is 228 g/mol. The minimum atomic E-state index is -3.76. The van der Waals surface area contributed by atoms with Crippen molar-refractivity contribution in [2.45, 2.75) is 24.0 Å². The SMILES string of the molecule is Cc1cccc(S(=O)(=O)C(C)C(=O)O)c1. The Hall–Kier alpha value is -1.36. The monoisotopic (exact) mass is 228 g/mol. The van der Waals surface area contributed by atoms with E-state index in [4.69, 9.17) is 5.11 Å². The second kappa shape index (κ2) is 4.02. The van der Waals surface area contributed by atoms with Crippen LogP contribution < -0.4 is 0 Å². The summed E-state index contributed by atoms with van der Waals surface area (Å²) in [7, 11) is -3.76. The molecule has 0 spiro atoms. The number of benzene rings is 1. The predicted molar refractivity (Wildman–Crippen MR) is 55.5 cm³/mol. The molecule has 0 bridgehead atoms. The molecule has 1 unspecified atom stereocenters. The maximum absolute atomic E-state index is 11.7. The first-order chi connectivity index (χ1) is 6.85. The van der Waals surface area contributed by atoms with Gasteiger partial charge in [0.15, 0.2) is 15.1 Å². The van der Waals surface area contributed by atoms with Gasteiger partial charge >= 0.3 is 5.97 Å². The van der Waals surface area contributed by atoms with Crippen LogP contribution in [0, 0.1) is 6.92 Å². The lowest BCUT2D eigenvalue weighted by atomic mass is 10.2. The molecule has 0 radical (unpaired) electrons. The van der Waals surface area contributed by atoms with E-state index < -0.39 is 21.1 Å². The topological polar surface area (TPSA) is 71.4 Å². The molecule has 82 valence electrons. The van der Waals surface area contributed by atoms with Gasteiger partial charge < -0.3 is 5.11 Å². The zero-order valence-electron chi connectivity index (χ0n) is 8.47. The van der Waals surface area contributed by atoms with E-state index in [0.717, 1.165) is 5.56 Å². The maximum atomic E-state index is 11.7. The lowest BCUT2D eigenvalue weighted by Crippen LogP contribution is -2.26. The molecule has 15 heavy (non-hydrogen) atoms. The third-order valence-electron chi connectivity index (χ3n) is 2.13. The summed E-state index contributed by atoms with van der Waals surface area (Å²) >= 11 is 0. The van der Waals surface area contributed by atoms with Crippen LogP contribution in [0.5, 0.6) is 0 Å². The van der Waals surface area contributed by atoms with Crippen molar-refractivity contribution in [1.82, 2.24) is 0 Å². The summed E-state index contributed by atoms with van der Waals surface area (Å²) in [5, 5.41) is 7.25. The molecule has 0 amide bonds. The van der Waals surface area contributed by atoms with Crippen molar-refractivity contribution in [1.29, 1.82) is 0 Å². The fourth-order valence-electron chi connectivity index (χ4n) is 1.13. The van der Waals surface area contributed by atoms with E-state index in [-0.39, 0.29) is 4.90 Å². The van der Waals surface area contributed by atoms with E-state index in [1.165, 1.54) is 19.1 Å². The van der Waals surface area contributed by atoms with Gasteiger partial charge in [0.1, 0.15) is 0 Å². The Labute approximate surface area is 88.5 Å². The number of carboxylic acid groups (broad SMARTS) is 1. The van der Waals surface area contributed by atoms with Crippen LogP contribution in [0.4, 0.5) is 0 Å². The van der Waals surface area contributed by atoms with Crippen molar-refractivity contribution in [3.63, 3.8) is 0 Å². The fourth-order valence-corrected chi connectivity index (χ4v) is 2.42. The Bertz CT molecular complexity index is 476. The molecule has 1 aromatic carbocycles. The highest BCUT2D eigenvalue weighted by atomic mass is 32.2. The molecule has 0 saturated heterocycles. The van der Waals surface area contributed by atoms with Gasteiger partial charge in [-0.1, -0.05) is 12.1 Å². The highest BCUT2D eigenvalue weighted by Gasteiger charge is 2.29. The van der Waals surface area contributed by atoms with Gasteiger partial charge in [-0.15, -0.1) is 0 Å². The molecule has 0 aliphatic rings. The van der Waals surface area contributed by atoms with Gasteiger partial charge in [0.05, 0.1) is 4.90 Å². The number of aliphatic carboxylic acids is 1. The molecular weight excluding hydrogens is 216 g/mol. The highest BCUT2D eigenvalue weighted by molar-refractivity contribution is 7.92. The van der Waals surface area contributed by atoms with Crippen LogP contribution in [0.15, 0.2) is 29.2 Å². The minimum absolute atomic E-state index is 0.0531. The lowest BCUT2D eigenvalue weighted by molar-refractivity contribution is -0.136. The third-order valence-corrected chi connectivity index (χ3v) is 4.17. The second-order valence-corrected chi connectivity index (χ2v) is 5.61. The Morgan fingerprint density at radius 3 is 2.47 bits per heavy atom. The van der Waals surface area contributed by atoms with Crippen LogP contribution >= 0.6 is 0 Å². The van der Waals surface area contributed by atoms with E-state index in [1.807, 2.05) is 0 Å². The molecular formula is C10H12O4S. The number of carboxylic acids is 1. The van der Waals surface area contributed by atoms with Crippen LogP contribution in [0.1, 0.15) is 12.5 Å². The zero-order chi connectivity index (χ0) is 11.6. The Kier molecular flexibility index (Phi) is 3.14. The van der Waals surface area contributed by atoms with Crippen molar-refractivity contribution in [3.05, 3.63) is 29.8 Å². The van der Waals surface area contributed by atoms with Crippen LogP contribution in [0.25, 0.3) is 0 Å². The largest absolute Gasteiger partial charge is 0.480 e. The molecule has 1 aromatic rings. The summed E-state index contributed by atoms with van der Waals surface area (Å²) < 4.78 is 23.5. The smallest absolute Gasteiger partial charge is 0.321 e. The Morgan fingerprint density at radius 2 is 2.00 bits per heavy atom. The molecule has 4 nitrogen and oxygen atoms in total. The quantitative estimate of drug-likeness (QED) is 0.845. The predicted octanol–water partition coefficient (Wildman–Crippen LogP) is 1.24. The van der Waals surface area contributed by atoms with Gasteiger partial charge in [-0.05, 0) is 31.5 Å². The summed E-state index contributed by atoms with van der Waals surface area (Å²) in [4.78, 5) is 10.7. The van der Waals surface area contributed by atoms with Crippen LogP contribution in [-0.4, -0.2) is 24.7 Å². The van der Waals surface area contributed by atoms with Crippen LogP contribution in [0.3, 0.4) is 0 Å². The van der Waals surface area contributed by atoms with E-state index in [9.17, 15) is 13.2 Å². The average Bonchev–Trinajstić information content (AvgIpc) is 2.16. The molecule has 1 N–H and O–H groups in total. The van der Waals surface area contributed by atoms with Gasteiger partial charge in [-0.3, -0.25) is 4.79 Å². The number of hydrogen-bond donors (Lipinski definition) is 1. The molecule has 0 fully saturated rings. The number of hydrogen-bond acceptors (Lipinski definition) is 3. The minimum Gasteiger partial charge on any atom is -0.480 e. The molecule has 0 aromatic heterocycles. The van der Waals surface area contributed by atoms with Crippen LogP contribution in [-0.2, 0) is 14.6 Å². The number of sulfone groups is 1. The summed E-state index contributed by atoms with van der Waals surface area (Å²) in [6.07, 6.45) is 0. The normalized spacial score (nSPS) is 13.5. The summed E-state index contributed by atoms with van der Waals surface area (Å²) in [6, 6.07) is 6.22. The maximum Gasteiger partial charge on any atom is 0.321 e. The van der Waals surface area contributed by atoms with Gasteiger partial charge in [-0.25, -0.2) is 8.42 Å². The van der Waals surface area contributed by atoms with E-state index in [2.05, 4.69) is 0 Å². The lowest BCUT2D eigenvalue weighted by Gasteiger charge is -2.08. The summed E-state index contributed by atoms with van der Waals surface area (Å²) in [6.45, 7) is 2.92. The number of rotatable bonds is 3. The molecule has 0 aliphatic carbocycles. The van der Waals surface area contributed by atoms with Crippen molar-refractivity contribution in [2.75, 3.05) is 0 Å². The van der Waals surface area contributed by atoms with Crippen LogP contribution in [0.2, 0.25) is 0 Å². The van der Waals surface area contributed by atoms with E-state index >= 15 is 0 Å². The van der Waals surface area contributed by atoms with E-state index in [1.54, 1.807) is 19.1 Å². The first kappa shape index (κ1) is 11.7. The molecule has 1 atom stereocenters. The Balaban J connectivity index is 3.23.